The van der Waals surface area contributed by atoms with Gasteiger partial charge in [0.2, 0.25) is 0 Å². The van der Waals surface area contributed by atoms with E-state index in [4.69, 9.17) is 4.74 Å². The minimum Gasteiger partial charge on any atom is -0.497 e. The van der Waals surface area contributed by atoms with Crippen molar-refractivity contribution in [3.05, 3.63) is 47.9 Å². The third kappa shape index (κ3) is 3.33. The van der Waals surface area contributed by atoms with Crippen molar-refractivity contribution in [3.8, 4) is 5.75 Å². The number of aryl methyl sites for hydroxylation is 1. The lowest BCUT2D eigenvalue weighted by atomic mass is 9.88. The molecule has 1 aliphatic rings. The van der Waals surface area contributed by atoms with Crippen LogP contribution in [-0.2, 0) is 0 Å². The second kappa shape index (κ2) is 6.77. The summed E-state index contributed by atoms with van der Waals surface area (Å²) in [5, 5.41) is 0. The van der Waals surface area contributed by atoms with Crippen LogP contribution < -0.4 is 9.64 Å². The second-order valence-electron chi connectivity index (χ2n) is 5.89. The van der Waals surface area contributed by atoms with E-state index in [1.165, 1.54) is 0 Å². The van der Waals surface area contributed by atoms with Gasteiger partial charge in [0.25, 0.3) is 0 Å². The summed E-state index contributed by atoms with van der Waals surface area (Å²) in [4.78, 5) is 23.5. The summed E-state index contributed by atoms with van der Waals surface area (Å²) in [6, 6.07) is 5.64. The monoisotopic (exact) mass is 311 g/mol. The number of rotatable bonds is 4. The molecule has 1 aromatic carbocycles. The number of nitrogens with zero attached hydrogens (tertiary/aromatic N) is 3. The number of hydrogen-bond acceptors (Lipinski definition) is 5. The van der Waals surface area contributed by atoms with E-state index in [9.17, 15) is 4.79 Å². The van der Waals surface area contributed by atoms with Gasteiger partial charge in [-0.05, 0) is 43.5 Å². The maximum Gasteiger partial charge on any atom is 0.167 e. The molecule has 23 heavy (non-hydrogen) atoms. The average Bonchev–Trinajstić information content (AvgIpc) is 2.62. The van der Waals surface area contributed by atoms with E-state index in [2.05, 4.69) is 14.9 Å². The summed E-state index contributed by atoms with van der Waals surface area (Å²) < 4.78 is 5.22. The van der Waals surface area contributed by atoms with Gasteiger partial charge in [-0.2, -0.15) is 0 Å². The molecule has 1 atom stereocenters. The minimum atomic E-state index is -0.00199. The molecule has 120 valence electrons. The predicted molar refractivity (Wildman–Crippen MR) is 89.0 cm³/mol. The van der Waals surface area contributed by atoms with E-state index in [1.54, 1.807) is 25.7 Å². The van der Waals surface area contributed by atoms with Gasteiger partial charge in [0, 0.05) is 37.0 Å². The molecule has 0 radical (unpaired) electrons. The molecule has 0 N–H and O–H groups in total. The van der Waals surface area contributed by atoms with E-state index in [1.807, 2.05) is 25.1 Å². The van der Waals surface area contributed by atoms with E-state index in [0.29, 0.717) is 6.54 Å². The quantitative estimate of drug-likeness (QED) is 0.813. The fraction of sp³-hybridized carbons (Fsp3) is 0.389. The summed E-state index contributed by atoms with van der Waals surface area (Å²) >= 11 is 0. The van der Waals surface area contributed by atoms with Gasteiger partial charge < -0.3 is 9.64 Å². The highest BCUT2D eigenvalue weighted by molar-refractivity contribution is 5.99. The molecule has 1 saturated heterocycles. The molecule has 1 aliphatic heterocycles. The first kappa shape index (κ1) is 15.5. The lowest BCUT2D eigenvalue weighted by Crippen LogP contribution is -2.39. The molecular weight excluding hydrogens is 290 g/mol. The van der Waals surface area contributed by atoms with Crippen molar-refractivity contribution in [2.75, 3.05) is 25.1 Å². The Morgan fingerprint density at radius 3 is 2.91 bits per heavy atom. The van der Waals surface area contributed by atoms with Crippen molar-refractivity contribution >= 4 is 11.6 Å². The van der Waals surface area contributed by atoms with Crippen LogP contribution in [0.5, 0.6) is 5.75 Å². The molecule has 0 amide bonds. The van der Waals surface area contributed by atoms with Crippen LogP contribution >= 0.6 is 0 Å². The van der Waals surface area contributed by atoms with Gasteiger partial charge in [-0.3, -0.25) is 9.78 Å². The molecule has 3 rings (SSSR count). The highest BCUT2D eigenvalue weighted by Crippen LogP contribution is 2.26. The number of hydrogen-bond donors (Lipinski definition) is 0. The van der Waals surface area contributed by atoms with Crippen LogP contribution in [0.2, 0.25) is 0 Å². The molecule has 5 heteroatoms. The van der Waals surface area contributed by atoms with Crippen LogP contribution in [0.4, 0.5) is 5.82 Å². The molecule has 0 spiro atoms. The van der Waals surface area contributed by atoms with Gasteiger partial charge in [0.15, 0.2) is 5.78 Å². The number of anilines is 1. The molecular formula is C18H21N3O2. The molecule has 1 aromatic heterocycles. The lowest BCUT2D eigenvalue weighted by molar-refractivity contribution is 0.0906. The molecule has 1 fully saturated rings. The standard InChI is InChI=1S/C18H21N3O2/c1-13-10-15(23-2)5-6-16(13)18(22)14-4-3-9-21(12-14)17-11-19-7-8-20-17/h5-8,10-11,14H,3-4,9,12H2,1-2H3/t14-/m0/s1. The van der Waals surface area contributed by atoms with Crippen molar-refractivity contribution in [2.45, 2.75) is 19.8 Å². The zero-order chi connectivity index (χ0) is 16.2. The molecule has 0 bridgehead atoms. The topological polar surface area (TPSA) is 55.3 Å². The Bertz CT molecular complexity index is 688. The van der Waals surface area contributed by atoms with Gasteiger partial charge in [-0.15, -0.1) is 0 Å². The third-order valence-corrected chi connectivity index (χ3v) is 4.36. The smallest absolute Gasteiger partial charge is 0.167 e. The van der Waals surface area contributed by atoms with E-state index in [-0.39, 0.29) is 11.7 Å². The zero-order valence-electron chi connectivity index (χ0n) is 13.5. The fourth-order valence-electron chi connectivity index (χ4n) is 3.11. The Kier molecular flexibility index (Phi) is 4.55. The molecule has 0 unspecified atom stereocenters. The van der Waals surface area contributed by atoms with Crippen molar-refractivity contribution in [1.29, 1.82) is 0 Å². The number of piperidine rings is 1. The van der Waals surface area contributed by atoms with Gasteiger partial charge in [0.05, 0.1) is 13.3 Å². The van der Waals surface area contributed by atoms with Gasteiger partial charge >= 0.3 is 0 Å². The number of Topliss-reactive ketones (excluding diaryl/α,β-unsaturated/α-hetero) is 1. The van der Waals surface area contributed by atoms with Crippen LogP contribution in [0.25, 0.3) is 0 Å². The number of ketones is 1. The van der Waals surface area contributed by atoms with Crippen LogP contribution in [0, 0.1) is 12.8 Å². The van der Waals surface area contributed by atoms with Crippen LogP contribution in [0.15, 0.2) is 36.8 Å². The summed E-state index contributed by atoms with van der Waals surface area (Å²) in [6.45, 7) is 3.58. The number of benzene rings is 1. The van der Waals surface area contributed by atoms with E-state index < -0.39 is 0 Å². The summed E-state index contributed by atoms with van der Waals surface area (Å²) in [5.41, 5.74) is 1.75. The minimum absolute atomic E-state index is 0.00199. The highest BCUT2D eigenvalue weighted by atomic mass is 16.5. The van der Waals surface area contributed by atoms with Crippen LogP contribution in [0.3, 0.4) is 0 Å². The first-order chi connectivity index (χ1) is 11.2. The Morgan fingerprint density at radius 2 is 2.22 bits per heavy atom. The molecule has 2 aromatic rings. The number of carbonyl (C=O) groups excluding carboxylic acids is 1. The number of aromatic nitrogens is 2. The Balaban J connectivity index is 1.77. The first-order valence-electron chi connectivity index (χ1n) is 7.89. The Morgan fingerprint density at radius 1 is 1.35 bits per heavy atom. The number of ether oxygens (including phenoxy) is 1. The zero-order valence-corrected chi connectivity index (χ0v) is 13.5. The van der Waals surface area contributed by atoms with Crippen molar-refractivity contribution in [1.82, 2.24) is 9.97 Å². The van der Waals surface area contributed by atoms with Crippen molar-refractivity contribution in [2.24, 2.45) is 5.92 Å². The molecule has 0 saturated carbocycles. The molecule has 5 nitrogen and oxygen atoms in total. The maximum absolute atomic E-state index is 12.9. The van der Waals surface area contributed by atoms with E-state index >= 15 is 0 Å². The van der Waals surface area contributed by atoms with Crippen LogP contribution in [-0.4, -0.2) is 36.0 Å². The normalized spacial score (nSPS) is 17.8. The van der Waals surface area contributed by atoms with Crippen LogP contribution in [0.1, 0.15) is 28.8 Å². The SMILES string of the molecule is COc1ccc(C(=O)[C@H]2CCCN(c3cnccn3)C2)c(C)c1. The highest BCUT2D eigenvalue weighted by Gasteiger charge is 2.28. The molecule has 2 heterocycles. The lowest BCUT2D eigenvalue weighted by Gasteiger charge is -2.32. The van der Waals surface area contributed by atoms with Gasteiger partial charge in [-0.1, -0.05) is 0 Å². The summed E-state index contributed by atoms with van der Waals surface area (Å²) in [6.07, 6.45) is 7.01. The average molecular weight is 311 g/mol. The Hall–Kier alpha value is -2.43. The second-order valence-corrected chi connectivity index (χ2v) is 5.89. The van der Waals surface area contributed by atoms with Gasteiger partial charge in [-0.25, -0.2) is 4.98 Å². The van der Waals surface area contributed by atoms with Crippen molar-refractivity contribution in [3.63, 3.8) is 0 Å². The summed E-state index contributed by atoms with van der Waals surface area (Å²) in [5.74, 6) is 1.83. The summed E-state index contributed by atoms with van der Waals surface area (Å²) in [7, 11) is 1.64. The largest absolute Gasteiger partial charge is 0.497 e. The van der Waals surface area contributed by atoms with Gasteiger partial charge in [0.1, 0.15) is 11.6 Å². The predicted octanol–water partition coefficient (Wildman–Crippen LogP) is 2.89. The number of carbonyl (C=O) groups is 1. The first-order valence-corrected chi connectivity index (χ1v) is 7.89. The fourth-order valence-corrected chi connectivity index (χ4v) is 3.11. The molecule has 0 aliphatic carbocycles. The third-order valence-electron chi connectivity index (χ3n) is 4.36. The van der Waals surface area contributed by atoms with Crippen molar-refractivity contribution < 1.29 is 9.53 Å². The maximum atomic E-state index is 12.9. The Labute approximate surface area is 136 Å². The number of methoxy groups -OCH3 is 1. The van der Waals surface area contributed by atoms with E-state index in [0.717, 1.165) is 42.1 Å².